The van der Waals surface area contributed by atoms with Crippen LogP contribution in [0.1, 0.15) is 21.5 Å². The number of carbonyl (C=O) groups is 1. The van der Waals surface area contributed by atoms with E-state index in [9.17, 15) is 9.90 Å². The maximum Gasteiger partial charge on any atom is 0.198 e. The summed E-state index contributed by atoms with van der Waals surface area (Å²) >= 11 is 0. The van der Waals surface area contributed by atoms with Crippen LogP contribution in [0.3, 0.4) is 0 Å². The molecule has 2 aromatic carbocycles. The lowest BCUT2D eigenvalue weighted by Crippen LogP contribution is -2.00. The van der Waals surface area contributed by atoms with Gasteiger partial charge in [0.2, 0.25) is 0 Å². The summed E-state index contributed by atoms with van der Waals surface area (Å²) < 4.78 is 0. The first-order valence-electron chi connectivity index (χ1n) is 6.07. The first-order valence-corrected chi connectivity index (χ1v) is 6.07. The second-order valence-electron chi connectivity index (χ2n) is 4.60. The highest BCUT2D eigenvalue weighted by atomic mass is 16.3. The molecule has 0 fully saturated rings. The maximum absolute atomic E-state index is 12.5. The molecule has 3 nitrogen and oxygen atoms in total. The Morgan fingerprint density at radius 3 is 2.68 bits per heavy atom. The van der Waals surface area contributed by atoms with Crippen molar-refractivity contribution in [1.29, 1.82) is 0 Å². The van der Waals surface area contributed by atoms with Crippen LogP contribution in [0, 0.1) is 6.92 Å². The second-order valence-corrected chi connectivity index (χ2v) is 4.60. The molecule has 0 aliphatic carbocycles. The standard InChI is InChI=1S/C16H13NO2/c1-10-6-7-12(15(18)8-10)16(19)13-9-17-14-5-3-2-4-11(13)14/h2-9,17-18H,1H3. The topological polar surface area (TPSA) is 53.1 Å². The third-order valence-corrected chi connectivity index (χ3v) is 3.23. The van der Waals surface area contributed by atoms with Crippen LogP contribution >= 0.6 is 0 Å². The molecule has 3 rings (SSSR count). The zero-order valence-corrected chi connectivity index (χ0v) is 10.5. The van der Waals surface area contributed by atoms with Crippen LogP contribution < -0.4 is 0 Å². The Kier molecular flexibility index (Phi) is 2.60. The van der Waals surface area contributed by atoms with E-state index in [1.165, 1.54) is 0 Å². The van der Waals surface area contributed by atoms with Crippen LogP contribution in [0.2, 0.25) is 0 Å². The number of aromatic amines is 1. The van der Waals surface area contributed by atoms with Gasteiger partial charge in [0.1, 0.15) is 5.75 Å². The Morgan fingerprint density at radius 2 is 1.89 bits per heavy atom. The van der Waals surface area contributed by atoms with Gasteiger partial charge in [-0.15, -0.1) is 0 Å². The number of rotatable bonds is 2. The minimum absolute atomic E-state index is 0.0234. The molecule has 94 valence electrons. The lowest BCUT2D eigenvalue weighted by Gasteiger charge is -2.04. The minimum atomic E-state index is -0.171. The monoisotopic (exact) mass is 251 g/mol. The van der Waals surface area contributed by atoms with Crippen LogP contribution in [0.25, 0.3) is 10.9 Å². The highest BCUT2D eigenvalue weighted by molar-refractivity contribution is 6.17. The van der Waals surface area contributed by atoms with Gasteiger partial charge in [-0.3, -0.25) is 4.79 Å². The van der Waals surface area contributed by atoms with E-state index >= 15 is 0 Å². The third-order valence-electron chi connectivity index (χ3n) is 3.23. The molecule has 19 heavy (non-hydrogen) atoms. The van der Waals surface area contributed by atoms with Crippen LogP contribution in [0.4, 0.5) is 0 Å². The number of para-hydroxylation sites is 1. The van der Waals surface area contributed by atoms with Crippen molar-refractivity contribution in [2.24, 2.45) is 0 Å². The number of nitrogens with one attached hydrogen (secondary N) is 1. The predicted molar refractivity (Wildman–Crippen MR) is 74.6 cm³/mol. The van der Waals surface area contributed by atoms with Crippen molar-refractivity contribution < 1.29 is 9.90 Å². The summed E-state index contributed by atoms with van der Waals surface area (Å²) in [6, 6.07) is 12.7. The van der Waals surface area contributed by atoms with E-state index in [1.807, 2.05) is 37.3 Å². The lowest BCUT2D eigenvalue weighted by atomic mass is 10.0. The number of aromatic nitrogens is 1. The van der Waals surface area contributed by atoms with Gasteiger partial charge in [0.25, 0.3) is 0 Å². The van der Waals surface area contributed by atoms with Crippen molar-refractivity contribution in [3.8, 4) is 5.75 Å². The molecule has 0 aliphatic heterocycles. The molecule has 0 spiro atoms. The summed E-state index contributed by atoms with van der Waals surface area (Å²) in [6.07, 6.45) is 1.69. The van der Waals surface area contributed by atoms with Gasteiger partial charge in [-0.2, -0.15) is 0 Å². The predicted octanol–water partition coefficient (Wildman–Crippen LogP) is 3.41. The molecule has 0 bridgehead atoms. The van der Waals surface area contributed by atoms with Crippen LogP contribution in [-0.4, -0.2) is 15.9 Å². The van der Waals surface area contributed by atoms with Crippen LogP contribution in [0.15, 0.2) is 48.7 Å². The largest absolute Gasteiger partial charge is 0.507 e. The Balaban J connectivity index is 2.13. The van der Waals surface area contributed by atoms with Crippen LogP contribution in [0.5, 0.6) is 5.75 Å². The van der Waals surface area contributed by atoms with Crippen molar-refractivity contribution in [3.63, 3.8) is 0 Å². The normalized spacial score (nSPS) is 10.8. The number of fused-ring (bicyclic) bond motifs is 1. The Hall–Kier alpha value is -2.55. The molecule has 1 heterocycles. The third kappa shape index (κ3) is 1.89. The SMILES string of the molecule is Cc1ccc(C(=O)c2c[nH]c3ccccc23)c(O)c1. The van der Waals surface area contributed by atoms with Gasteiger partial charge < -0.3 is 10.1 Å². The number of hydrogen-bond donors (Lipinski definition) is 2. The Labute approximate surface area is 110 Å². The van der Waals surface area contributed by atoms with Crippen molar-refractivity contribution in [1.82, 2.24) is 4.98 Å². The van der Waals surface area contributed by atoms with E-state index in [0.29, 0.717) is 11.1 Å². The first kappa shape index (κ1) is 11.5. The molecule has 0 saturated carbocycles. The molecule has 0 radical (unpaired) electrons. The van der Waals surface area contributed by atoms with E-state index in [4.69, 9.17) is 0 Å². The minimum Gasteiger partial charge on any atom is -0.507 e. The van der Waals surface area contributed by atoms with E-state index in [2.05, 4.69) is 4.98 Å². The van der Waals surface area contributed by atoms with Crippen LogP contribution in [-0.2, 0) is 0 Å². The number of H-pyrrole nitrogens is 1. The number of aryl methyl sites for hydroxylation is 1. The first-order chi connectivity index (χ1) is 9.16. The molecular weight excluding hydrogens is 238 g/mol. The number of phenolic OH excluding ortho intramolecular Hbond substituents is 1. The summed E-state index contributed by atoms with van der Waals surface area (Å²) in [7, 11) is 0. The average molecular weight is 251 g/mol. The van der Waals surface area contributed by atoms with E-state index in [1.54, 1.807) is 18.3 Å². The highest BCUT2D eigenvalue weighted by Gasteiger charge is 2.16. The summed E-state index contributed by atoms with van der Waals surface area (Å²) in [5.41, 5.74) is 2.75. The van der Waals surface area contributed by atoms with Gasteiger partial charge in [0.15, 0.2) is 5.78 Å². The van der Waals surface area contributed by atoms with Crippen molar-refractivity contribution in [2.45, 2.75) is 6.92 Å². The van der Waals surface area contributed by atoms with Gasteiger partial charge in [-0.1, -0.05) is 24.3 Å². The number of aromatic hydroxyl groups is 1. The smallest absolute Gasteiger partial charge is 0.198 e. The number of benzene rings is 2. The van der Waals surface area contributed by atoms with E-state index in [0.717, 1.165) is 16.5 Å². The molecule has 1 aromatic heterocycles. The number of phenols is 1. The number of hydrogen-bond acceptors (Lipinski definition) is 2. The van der Waals surface area contributed by atoms with Crippen molar-refractivity contribution >= 4 is 16.7 Å². The molecule has 0 saturated heterocycles. The molecular formula is C16H13NO2. The highest BCUT2D eigenvalue weighted by Crippen LogP contribution is 2.25. The summed E-state index contributed by atoms with van der Waals surface area (Å²) in [6.45, 7) is 1.87. The van der Waals surface area contributed by atoms with Gasteiger partial charge in [-0.25, -0.2) is 0 Å². The average Bonchev–Trinajstić information content (AvgIpc) is 2.82. The molecule has 0 unspecified atom stereocenters. The molecule has 0 amide bonds. The Morgan fingerprint density at radius 1 is 1.11 bits per heavy atom. The second kappa shape index (κ2) is 4.28. The van der Waals surface area contributed by atoms with Gasteiger partial charge in [0, 0.05) is 22.7 Å². The van der Waals surface area contributed by atoms with Gasteiger partial charge >= 0.3 is 0 Å². The molecule has 0 aliphatic rings. The fraction of sp³-hybridized carbons (Fsp3) is 0.0625. The zero-order valence-electron chi connectivity index (χ0n) is 10.5. The van der Waals surface area contributed by atoms with Crippen molar-refractivity contribution in [2.75, 3.05) is 0 Å². The lowest BCUT2D eigenvalue weighted by molar-refractivity contribution is 0.103. The molecule has 3 aromatic rings. The number of ketones is 1. The summed E-state index contributed by atoms with van der Waals surface area (Å²) in [5.74, 6) is -0.148. The Bertz CT molecular complexity index is 771. The number of carbonyl (C=O) groups excluding carboxylic acids is 1. The fourth-order valence-electron chi connectivity index (χ4n) is 2.24. The van der Waals surface area contributed by atoms with Crippen molar-refractivity contribution in [3.05, 3.63) is 65.4 Å². The molecule has 0 atom stereocenters. The molecule has 2 N–H and O–H groups in total. The zero-order chi connectivity index (χ0) is 13.4. The quantitative estimate of drug-likeness (QED) is 0.686. The summed E-state index contributed by atoms with van der Waals surface area (Å²) in [4.78, 5) is 15.5. The maximum atomic E-state index is 12.5. The summed E-state index contributed by atoms with van der Waals surface area (Å²) in [5, 5.41) is 10.8. The van der Waals surface area contributed by atoms with E-state index in [-0.39, 0.29) is 11.5 Å². The van der Waals surface area contributed by atoms with E-state index < -0.39 is 0 Å². The molecule has 3 heteroatoms. The van der Waals surface area contributed by atoms with Gasteiger partial charge in [-0.05, 0) is 30.7 Å². The fourth-order valence-corrected chi connectivity index (χ4v) is 2.24. The van der Waals surface area contributed by atoms with Gasteiger partial charge in [0.05, 0.1) is 5.56 Å².